The first-order valence-corrected chi connectivity index (χ1v) is 10.6. The zero-order valence-electron chi connectivity index (χ0n) is 16.9. The lowest BCUT2D eigenvalue weighted by Crippen LogP contribution is -2.12. The molecule has 0 spiro atoms. The van der Waals surface area contributed by atoms with Crippen LogP contribution in [0.2, 0.25) is 0 Å². The first-order valence-electron chi connectivity index (χ1n) is 9.59. The highest BCUT2D eigenvalue weighted by atomic mass is 32.2. The molecular formula is C21H21N5O4S. The zero-order valence-corrected chi connectivity index (χ0v) is 17.7. The fraction of sp³-hybridized carbons (Fsp3) is 0.190. The average molecular weight is 439 g/mol. The Balaban J connectivity index is 0.00000132. The first kappa shape index (κ1) is 22.0. The summed E-state index contributed by atoms with van der Waals surface area (Å²) in [5.74, 6) is -1.03. The van der Waals surface area contributed by atoms with E-state index in [2.05, 4.69) is 25.8 Å². The molecule has 4 N–H and O–H groups in total. The van der Waals surface area contributed by atoms with E-state index in [1.54, 1.807) is 36.4 Å². The van der Waals surface area contributed by atoms with Crippen molar-refractivity contribution in [3.63, 3.8) is 0 Å². The second-order valence-corrected chi connectivity index (χ2v) is 7.22. The number of aliphatic carboxylic acids is 1. The van der Waals surface area contributed by atoms with Crippen LogP contribution in [0.5, 0.6) is 0 Å². The quantitative estimate of drug-likeness (QED) is 0.432. The Labute approximate surface area is 182 Å². The van der Waals surface area contributed by atoms with Gasteiger partial charge in [-0.3, -0.25) is 19.5 Å². The lowest BCUT2D eigenvalue weighted by Gasteiger charge is -2.08. The van der Waals surface area contributed by atoms with Gasteiger partial charge in [-0.1, -0.05) is 43.8 Å². The summed E-state index contributed by atoms with van der Waals surface area (Å²) in [4.78, 5) is 39.0. The number of hydrogen-bond donors (Lipinski definition) is 4. The Morgan fingerprint density at radius 1 is 1.19 bits per heavy atom. The van der Waals surface area contributed by atoms with Gasteiger partial charge < -0.3 is 15.7 Å². The topological polar surface area (TPSA) is 137 Å². The molecule has 3 aromatic rings. The fourth-order valence-electron chi connectivity index (χ4n) is 2.87. The van der Waals surface area contributed by atoms with Crippen LogP contribution in [0, 0.1) is 0 Å². The number of anilines is 2. The van der Waals surface area contributed by atoms with Crippen molar-refractivity contribution >= 4 is 40.9 Å². The maximum atomic E-state index is 12.6. The highest BCUT2D eigenvalue weighted by molar-refractivity contribution is 7.99. The van der Waals surface area contributed by atoms with Crippen LogP contribution in [0.4, 0.5) is 11.4 Å². The molecule has 0 bridgehead atoms. The van der Waals surface area contributed by atoms with Gasteiger partial charge in [-0.25, -0.2) is 4.98 Å². The number of nitrogens with one attached hydrogen (secondary N) is 3. The Morgan fingerprint density at radius 3 is 2.77 bits per heavy atom. The summed E-state index contributed by atoms with van der Waals surface area (Å²) in [5, 5.41) is 21.3. The van der Waals surface area contributed by atoms with Crippen molar-refractivity contribution in [3.05, 3.63) is 53.6 Å². The number of amides is 2. The van der Waals surface area contributed by atoms with Gasteiger partial charge in [0, 0.05) is 22.5 Å². The van der Waals surface area contributed by atoms with Crippen molar-refractivity contribution in [2.75, 3.05) is 16.4 Å². The van der Waals surface area contributed by atoms with E-state index in [0.717, 1.165) is 17.3 Å². The van der Waals surface area contributed by atoms with Crippen LogP contribution >= 0.6 is 11.8 Å². The SMILES string of the molecule is CC.O=C(O)CSc1n[nH]c(-c2cccc(C(=O)Nc3ccc4c(c3)NC(=O)C4)c2)n1. The van der Waals surface area contributed by atoms with Gasteiger partial charge in [0.1, 0.15) is 0 Å². The van der Waals surface area contributed by atoms with Crippen LogP contribution in [0.3, 0.4) is 0 Å². The van der Waals surface area contributed by atoms with E-state index in [1.165, 1.54) is 0 Å². The maximum Gasteiger partial charge on any atom is 0.313 e. The number of carboxylic acids is 1. The normalized spacial score (nSPS) is 11.7. The molecule has 31 heavy (non-hydrogen) atoms. The fourth-order valence-corrected chi connectivity index (χ4v) is 3.39. The predicted molar refractivity (Wildman–Crippen MR) is 118 cm³/mol. The van der Waals surface area contributed by atoms with Crippen molar-refractivity contribution in [1.82, 2.24) is 15.2 Å². The van der Waals surface area contributed by atoms with Crippen LogP contribution in [0.15, 0.2) is 47.6 Å². The molecule has 0 unspecified atom stereocenters. The summed E-state index contributed by atoms with van der Waals surface area (Å²) in [6.45, 7) is 4.00. The minimum absolute atomic E-state index is 0.0656. The summed E-state index contributed by atoms with van der Waals surface area (Å²) in [5.41, 5.74) is 3.25. The number of hydrogen-bond acceptors (Lipinski definition) is 6. The number of fused-ring (bicyclic) bond motifs is 1. The third-order valence-corrected chi connectivity index (χ3v) is 5.01. The summed E-state index contributed by atoms with van der Waals surface area (Å²) in [6.07, 6.45) is 0.343. The standard InChI is InChI=1S/C19H15N5O4S.C2H6/c25-15-7-10-4-5-13(8-14(10)21-15)20-18(28)12-3-1-2-11(6-12)17-22-19(24-23-17)29-9-16(26)27;1-2/h1-6,8H,7,9H2,(H,20,28)(H,21,25)(H,26,27)(H,22,23,24);1-2H3. The Hall–Kier alpha value is -3.66. The molecule has 9 nitrogen and oxygen atoms in total. The molecule has 1 aliphatic heterocycles. The molecule has 2 heterocycles. The maximum absolute atomic E-state index is 12.6. The number of benzene rings is 2. The number of carbonyl (C=O) groups excluding carboxylic acids is 2. The minimum Gasteiger partial charge on any atom is -0.481 e. The van der Waals surface area contributed by atoms with Gasteiger partial charge in [-0.05, 0) is 29.8 Å². The van der Waals surface area contributed by atoms with E-state index in [1.807, 2.05) is 19.9 Å². The monoisotopic (exact) mass is 439 g/mol. The largest absolute Gasteiger partial charge is 0.481 e. The first-order chi connectivity index (χ1) is 15.0. The number of nitrogens with zero attached hydrogens (tertiary/aromatic N) is 2. The van der Waals surface area contributed by atoms with Gasteiger partial charge in [0.25, 0.3) is 5.91 Å². The zero-order chi connectivity index (χ0) is 22.4. The number of rotatable bonds is 6. The average Bonchev–Trinajstić information content (AvgIpc) is 3.39. The second-order valence-electron chi connectivity index (χ2n) is 6.28. The molecule has 2 amide bonds. The van der Waals surface area contributed by atoms with Crippen LogP contribution in [0.1, 0.15) is 29.8 Å². The van der Waals surface area contributed by atoms with Crippen molar-refractivity contribution in [3.8, 4) is 11.4 Å². The van der Waals surface area contributed by atoms with Crippen molar-refractivity contribution < 1.29 is 19.5 Å². The lowest BCUT2D eigenvalue weighted by atomic mass is 10.1. The molecule has 0 saturated carbocycles. The molecule has 2 aromatic carbocycles. The van der Waals surface area contributed by atoms with Crippen molar-refractivity contribution in [2.24, 2.45) is 0 Å². The van der Waals surface area contributed by atoms with E-state index >= 15 is 0 Å². The Morgan fingerprint density at radius 2 is 2.00 bits per heavy atom. The third-order valence-electron chi connectivity index (χ3n) is 4.18. The van der Waals surface area contributed by atoms with E-state index in [0.29, 0.717) is 39.9 Å². The van der Waals surface area contributed by atoms with Crippen molar-refractivity contribution in [2.45, 2.75) is 25.4 Å². The number of carbonyl (C=O) groups is 3. The van der Waals surface area contributed by atoms with Crippen LogP contribution < -0.4 is 10.6 Å². The van der Waals surface area contributed by atoms with Gasteiger partial charge in [0.05, 0.1) is 12.2 Å². The van der Waals surface area contributed by atoms with E-state index < -0.39 is 5.97 Å². The second kappa shape index (κ2) is 9.90. The predicted octanol–water partition coefficient (Wildman–Crippen LogP) is 3.42. The Bertz CT molecular complexity index is 1130. The highest BCUT2D eigenvalue weighted by Gasteiger charge is 2.18. The summed E-state index contributed by atoms with van der Waals surface area (Å²) in [7, 11) is 0. The summed E-state index contributed by atoms with van der Waals surface area (Å²) < 4.78 is 0. The van der Waals surface area contributed by atoms with Gasteiger partial charge >= 0.3 is 5.97 Å². The lowest BCUT2D eigenvalue weighted by molar-refractivity contribution is -0.133. The molecule has 0 aliphatic carbocycles. The molecular weight excluding hydrogens is 418 g/mol. The molecule has 1 aliphatic rings. The molecule has 4 rings (SSSR count). The van der Waals surface area contributed by atoms with Crippen LogP contribution in [-0.2, 0) is 16.0 Å². The number of aromatic amines is 1. The highest BCUT2D eigenvalue weighted by Crippen LogP contribution is 2.27. The molecule has 0 saturated heterocycles. The van der Waals surface area contributed by atoms with Gasteiger partial charge in [-0.2, -0.15) is 0 Å². The third kappa shape index (κ3) is 5.48. The molecule has 0 atom stereocenters. The van der Waals surface area contributed by atoms with E-state index in [-0.39, 0.29) is 17.6 Å². The van der Waals surface area contributed by atoms with Crippen molar-refractivity contribution in [1.29, 1.82) is 0 Å². The number of H-pyrrole nitrogens is 1. The molecule has 1 aromatic heterocycles. The minimum atomic E-state index is -0.953. The molecule has 160 valence electrons. The van der Waals surface area contributed by atoms with E-state index in [9.17, 15) is 14.4 Å². The van der Waals surface area contributed by atoms with Crippen LogP contribution in [0.25, 0.3) is 11.4 Å². The number of carboxylic acid groups (broad SMARTS) is 1. The molecule has 0 fully saturated rings. The van der Waals surface area contributed by atoms with Gasteiger partial charge in [0.15, 0.2) is 5.82 Å². The van der Waals surface area contributed by atoms with Crippen LogP contribution in [-0.4, -0.2) is 43.8 Å². The Kier molecular flexibility index (Phi) is 7.03. The number of aromatic nitrogens is 3. The summed E-state index contributed by atoms with van der Waals surface area (Å²) in [6, 6.07) is 12.1. The summed E-state index contributed by atoms with van der Waals surface area (Å²) >= 11 is 1.00. The smallest absolute Gasteiger partial charge is 0.313 e. The van der Waals surface area contributed by atoms with Gasteiger partial charge in [0.2, 0.25) is 11.1 Å². The number of thioether (sulfide) groups is 1. The molecule has 0 radical (unpaired) electrons. The van der Waals surface area contributed by atoms with E-state index in [4.69, 9.17) is 5.11 Å². The molecule has 10 heteroatoms. The van der Waals surface area contributed by atoms with Gasteiger partial charge in [-0.15, -0.1) is 5.10 Å².